The van der Waals surface area contributed by atoms with E-state index in [1.165, 1.54) is 12.4 Å². The average Bonchev–Trinajstić information content (AvgIpc) is 2.05. The molecule has 0 saturated heterocycles. The smallest absolute Gasteiger partial charge is 0.230 e. The molecule has 0 atom stereocenters. The quantitative estimate of drug-likeness (QED) is 0.553. The van der Waals surface area contributed by atoms with Crippen LogP contribution < -0.4 is 5.73 Å². The Labute approximate surface area is 67.1 Å². The summed E-state index contributed by atoms with van der Waals surface area (Å²) in [7, 11) is 0. The lowest BCUT2D eigenvalue weighted by molar-refractivity contribution is 0.453. The highest BCUT2D eigenvalue weighted by atomic mass is 16.3. The van der Waals surface area contributed by atoms with Crippen LogP contribution >= 0.6 is 0 Å². The Morgan fingerprint density at radius 1 is 1.17 bits per heavy atom. The van der Waals surface area contributed by atoms with Gasteiger partial charge in [-0.2, -0.15) is 4.98 Å². The van der Waals surface area contributed by atoms with Crippen LogP contribution in [-0.4, -0.2) is 25.0 Å². The molecule has 2 heterocycles. The van der Waals surface area contributed by atoms with Gasteiger partial charge in [0.15, 0.2) is 5.65 Å². The van der Waals surface area contributed by atoms with Crippen LogP contribution in [0.2, 0.25) is 0 Å². The van der Waals surface area contributed by atoms with Gasteiger partial charge in [-0.3, -0.25) is 0 Å². The second-order valence-corrected chi connectivity index (χ2v) is 2.17. The van der Waals surface area contributed by atoms with Crippen LogP contribution in [0, 0.1) is 0 Å². The Bertz CT molecular complexity index is 388. The maximum atomic E-state index is 8.94. The molecule has 6 heteroatoms. The van der Waals surface area contributed by atoms with Gasteiger partial charge < -0.3 is 10.8 Å². The lowest BCUT2D eigenvalue weighted by Crippen LogP contribution is -1.96. The highest BCUT2D eigenvalue weighted by Crippen LogP contribution is 2.09. The standard InChI is InChI=1S/C6H5N5O/c7-6-9-1-3-5(11-6)8-2-4(12)10-3/h1-2H,(H,10,12)(H2,7,8,9,11). The number of nitrogens with two attached hydrogens (primary N) is 1. The van der Waals surface area contributed by atoms with Crippen molar-refractivity contribution in [2.45, 2.75) is 0 Å². The summed E-state index contributed by atoms with van der Waals surface area (Å²) in [5.41, 5.74) is 6.11. The van der Waals surface area contributed by atoms with Crippen molar-refractivity contribution in [2.75, 3.05) is 5.73 Å². The molecular formula is C6H5N5O. The van der Waals surface area contributed by atoms with E-state index < -0.39 is 0 Å². The highest BCUT2D eigenvalue weighted by Gasteiger charge is 1.99. The van der Waals surface area contributed by atoms with Crippen LogP contribution in [0.4, 0.5) is 5.95 Å². The Balaban J connectivity index is 2.79. The predicted octanol–water partition coefficient (Wildman–Crippen LogP) is -0.292. The third-order valence-electron chi connectivity index (χ3n) is 1.31. The fourth-order valence-electron chi connectivity index (χ4n) is 0.825. The Morgan fingerprint density at radius 2 is 2.00 bits per heavy atom. The van der Waals surface area contributed by atoms with E-state index in [4.69, 9.17) is 10.8 Å². The minimum atomic E-state index is -0.157. The summed E-state index contributed by atoms with van der Waals surface area (Å²) in [4.78, 5) is 15.0. The van der Waals surface area contributed by atoms with Gasteiger partial charge in [0, 0.05) is 0 Å². The van der Waals surface area contributed by atoms with Crippen molar-refractivity contribution in [2.24, 2.45) is 0 Å². The minimum Gasteiger partial charge on any atom is -0.492 e. The summed E-state index contributed by atoms with van der Waals surface area (Å²) in [5, 5.41) is 8.94. The molecule has 0 radical (unpaired) electrons. The number of hydrogen-bond acceptors (Lipinski definition) is 6. The van der Waals surface area contributed by atoms with Crippen LogP contribution in [0.3, 0.4) is 0 Å². The predicted molar refractivity (Wildman–Crippen MR) is 41.2 cm³/mol. The zero-order valence-electron chi connectivity index (χ0n) is 5.97. The third-order valence-corrected chi connectivity index (χ3v) is 1.31. The van der Waals surface area contributed by atoms with Crippen molar-refractivity contribution in [3.8, 4) is 5.88 Å². The van der Waals surface area contributed by atoms with Crippen LogP contribution in [0.5, 0.6) is 5.88 Å². The summed E-state index contributed by atoms with van der Waals surface area (Å²) < 4.78 is 0. The van der Waals surface area contributed by atoms with Crippen LogP contribution in [0.25, 0.3) is 11.2 Å². The highest BCUT2D eigenvalue weighted by molar-refractivity contribution is 5.69. The molecule has 3 N–H and O–H groups in total. The van der Waals surface area contributed by atoms with E-state index in [0.29, 0.717) is 11.2 Å². The first-order chi connectivity index (χ1) is 5.75. The van der Waals surface area contributed by atoms with Gasteiger partial charge in [0.05, 0.1) is 12.4 Å². The molecule has 2 rings (SSSR count). The molecule has 12 heavy (non-hydrogen) atoms. The van der Waals surface area contributed by atoms with Crippen molar-refractivity contribution in [3.63, 3.8) is 0 Å². The average molecular weight is 163 g/mol. The maximum Gasteiger partial charge on any atom is 0.230 e. The number of fused-ring (bicyclic) bond motifs is 1. The largest absolute Gasteiger partial charge is 0.492 e. The van der Waals surface area contributed by atoms with Crippen LogP contribution in [0.1, 0.15) is 0 Å². The van der Waals surface area contributed by atoms with Crippen molar-refractivity contribution in [1.29, 1.82) is 0 Å². The second-order valence-electron chi connectivity index (χ2n) is 2.17. The second kappa shape index (κ2) is 2.26. The number of rotatable bonds is 0. The van der Waals surface area contributed by atoms with Gasteiger partial charge in [0.25, 0.3) is 0 Å². The van der Waals surface area contributed by atoms with E-state index in [0.717, 1.165) is 0 Å². The molecule has 0 aliphatic heterocycles. The zero-order chi connectivity index (χ0) is 8.55. The number of hydrogen-bond donors (Lipinski definition) is 2. The maximum absolute atomic E-state index is 8.94. The molecule has 0 spiro atoms. The van der Waals surface area contributed by atoms with Gasteiger partial charge in [0.1, 0.15) is 5.52 Å². The van der Waals surface area contributed by atoms with Gasteiger partial charge in [-0.1, -0.05) is 0 Å². The first kappa shape index (κ1) is 6.71. The van der Waals surface area contributed by atoms with Gasteiger partial charge in [-0.25, -0.2) is 15.0 Å². The molecule has 60 valence electrons. The summed E-state index contributed by atoms with van der Waals surface area (Å²) >= 11 is 0. The van der Waals surface area contributed by atoms with Crippen molar-refractivity contribution < 1.29 is 5.11 Å². The lowest BCUT2D eigenvalue weighted by atomic mass is 10.5. The first-order valence-electron chi connectivity index (χ1n) is 3.20. The molecule has 0 saturated carbocycles. The van der Waals surface area contributed by atoms with Gasteiger partial charge in [0.2, 0.25) is 11.8 Å². The number of aromatic nitrogens is 4. The summed E-state index contributed by atoms with van der Waals surface area (Å²) in [6, 6.07) is 0. The summed E-state index contributed by atoms with van der Waals surface area (Å²) in [5.74, 6) is -0.0154. The molecule has 0 bridgehead atoms. The Kier molecular flexibility index (Phi) is 1.26. The van der Waals surface area contributed by atoms with E-state index in [2.05, 4.69) is 19.9 Å². The van der Waals surface area contributed by atoms with Gasteiger partial charge in [-0.05, 0) is 0 Å². The number of nitrogens with zero attached hydrogens (tertiary/aromatic N) is 4. The molecule has 0 unspecified atom stereocenters. The molecule has 2 aromatic rings. The molecule has 6 nitrogen and oxygen atoms in total. The third kappa shape index (κ3) is 0.986. The van der Waals surface area contributed by atoms with Crippen LogP contribution in [0.15, 0.2) is 12.4 Å². The topological polar surface area (TPSA) is 97.8 Å². The molecule has 0 aliphatic carbocycles. The van der Waals surface area contributed by atoms with Crippen LogP contribution in [-0.2, 0) is 0 Å². The van der Waals surface area contributed by atoms with E-state index in [9.17, 15) is 0 Å². The Morgan fingerprint density at radius 3 is 2.83 bits per heavy atom. The van der Waals surface area contributed by atoms with E-state index in [1.54, 1.807) is 0 Å². The number of nitrogen functional groups attached to an aromatic ring is 1. The molecule has 0 fully saturated rings. The first-order valence-corrected chi connectivity index (χ1v) is 3.20. The zero-order valence-corrected chi connectivity index (χ0v) is 5.97. The summed E-state index contributed by atoms with van der Waals surface area (Å²) in [6.07, 6.45) is 2.61. The van der Waals surface area contributed by atoms with E-state index >= 15 is 0 Å². The fraction of sp³-hybridized carbons (Fsp3) is 0. The summed E-state index contributed by atoms with van der Waals surface area (Å²) in [6.45, 7) is 0. The van der Waals surface area contributed by atoms with E-state index in [1.807, 2.05) is 0 Å². The SMILES string of the molecule is Nc1ncc2nc(O)cnc2n1. The normalized spacial score (nSPS) is 10.3. The van der Waals surface area contributed by atoms with E-state index in [-0.39, 0.29) is 11.8 Å². The molecule has 2 aromatic heterocycles. The molecular weight excluding hydrogens is 158 g/mol. The van der Waals surface area contributed by atoms with Gasteiger partial charge in [-0.15, -0.1) is 0 Å². The molecule has 0 aliphatic rings. The molecule has 0 amide bonds. The fourth-order valence-corrected chi connectivity index (χ4v) is 0.825. The molecule has 0 aromatic carbocycles. The lowest BCUT2D eigenvalue weighted by Gasteiger charge is -1.95. The Hall–Kier alpha value is -1.98. The van der Waals surface area contributed by atoms with Crippen molar-refractivity contribution >= 4 is 17.1 Å². The van der Waals surface area contributed by atoms with Gasteiger partial charge >= 0.3 is 0 Å². The number of aromatic hydroxyl groups is 1. The van der Waals surface area contributed by atoms with Crippen molar-refractivity contribution in [1.82, 2.24) is 19.9 Å². The minimum absolute atomic E-state index is 0.141. The number of anilines is 1. The van der Waals surface area contributed by atoms with Crippen molar-refractivity contribution in [3.05, 3.63) is 12.4 Å². The monoisotopic (exact) mass is 163 g/mol.